The highest BCUT2D eigenvalue weighted by Crippen LogP contribution is 2.37. The molecule has 0 aliphatic carbocycles. The lowest BCUT2D eigenvalue weighted by Gasteiger charge is -2.34. The van der Waals surface area contributed by atoms with Gasteiger partial charge < -0.3 is 20.1 Å². The number of nitrogen functional groups attached to an aromatic ring is 1. The zero-order valence-electron chi connectivity index (χ0n) is 21.6. The number of nitrogens with one attached hydrogen (secondary N) is 1. The second kappa shape index (κ2) is 11.8. The van der Waals surface area contributed by atoms with Crippen molar-refractivity contribution in [1.29, 1.82) is 10.7 Å². The van der Waals surface area contributed by atoms with Crippen LogP contribution in [0.2, 0.25) is 10.0 Å². The third-order valence-corrected chi connectivity index (χ3v) is 8.22. The van der Waals surface area contributed by atoms with E-state index >= 15 is 0 Å². The summed E-state index contributed by atoms with van der Waals surface area (Å²) in [6, 6.07) is 6.67. The quantitative estimate of drug-likeness (QED) is 0.196. The highest BCUT2D eigenvalue weighted by atomic mass is 35.5. The summed E-state index contributed by atoms with van der Waals surface area (Å²) in [4.78, 5) is 10.2. The maximum atomic E-state index is 11.8. The molecule has 210 valence electrons. The Balaban J connectivity index is 1.62. The molecule has 0 bridgehead atoms. The molecule has 0 saturated carbocycles. The average molecular weight is 606 g/mol. The fourth-order valence-corrected chi connectivity index (χ4v) is 5.65. The minimum atomic E-state index is -3.30. The fraction of sp³-hybridized carbons (Fsp3) is 0.280. The topological polar surface area (TPSA) is 185 Å². The van der Waals surface area contributed by atoms with Crippen LogP contribution in [0.4, 0.5) is 11.5 Å². The van der Waals surface area contributed by atoms with Crippen molar-refractivity contribution in [3.05, 3.63) is 69.1 Å². The van der Waals surface area contributed by atoms with Crippen LogP contribution in [0, 0.1) is 16.7 Å². The predicted octanol–water partition coefficient (Wildman–Crippen LogP) is 2.78. The summed E-state index contributed by atoms with van der Waals surface area (Å²) in [6.07, 6.45) is 4.33. The highest BCUT2D eigenvalue weighted by Gasteiger charge is 2.26. The standard InChI is InChI=1S/C25H26Cl2N8O4S/c1-38-20-9-19(29)16(8-21(20)39-24(31)22-17(26)12-32-13-18(22)27)23(30)15-7-14(10-28)25(33-11-15)34-3-5-35(6-4-34)40(2,36)37/h7-9,11-13,24,30H,3-6,29,31H2,1-2H3/t24-/m0/s1. The van der Waals surface area contributed by atoms with Crippen LogP contribution in [-0.4, -0.2) is 67.9 Å². The lowest BCUT2D eigenvalue weighted by molar-refractivity contribution is 0.204. The first-order valence-corrected chi connectivity index (χ1v) is 14.4. The molecule has 0 unspecified atom stereocenters. The molecule has 0 radical (unpaired) electrons. The predicted molar refractivity (Wildman–Crippen MR) is 153 cm³/mol. The van der Waals surface area contributed by atoms with Gasteiger partial charge in [0.25, 0.3) is 0 Å². The van der Waals surface area contributed by atoms with Crippen LogP contribution in [0.1, 0.15) is 28.5 Å². The molecule has 0 spiro atoms. The van der Waals surface area contributed by atoms with Crippen molar-refractivity contribution < 1.29 is 17.9 Å². The van der Waals surface area contributed by atoms with E-state index in [1.54, 1.807) is 6.07 Å². The number of pyridine rings is 2. The van der Waals surface area contributed by atoms with Gasteiger partial charge in [-0.15, -0.1) is 0 Å². The summed E-state index contributed by atoms with van der Waals surface area (Å²) >= 11 is 12.4. The summed E-state index contributed by atoms with van der Waals surface area (Å²) in [5.74, 6) is 0.864. The van der Waals surface area contributed by atoms with Crippen LogP contribution < -0.4 is 25.8 Å². The molecule has 3 heterocycles. The van der Waals surface area contributed by atoms with E-state index < -0.39 is 16.3 Å². The SMILES string of the molecule is COc1cc(N)c(C(=N)c2cnc(N3CCN(S(C)(=O)=O)CC3)c(C#N)c2)cc1O[C@H](N)c1c(Cl)cncc1Cl. The first-order valence-electron chi connectivity index (χ1n) is 11.8. The van der Waals surface area contributed by atoms with Crippen molar-refractivity contribution in [2.45, 2.75) is 6.23 Å². The largest absolute Gasteiger partial charge is 0.493 e. The number of nitrogens with two attached hydrogens (primary N) is 2. The van der Waals surface area contributed by atoms with Crippen LogP contribution in [0.15, 0.2) is 36.8 Å². The van der Waals surface area contributed by atoms with Crippen molar-refractivity contribution in [3.8, 4) is 17.6 Å². The third-order valence-electron chi connectivity index (χ3n) is 6.32. The monoisotopic (exact) mass is 604 g/mol. The maximum Gasteiger partial charge on any atom is 0.211 e. The second-order valence-electron chi connectivity index (χ2n) is 8.88. The number of nitrogens with zero attached hydrogens (tertiary/aromatic N) is 5. The molecule has 2 aromatic heterocycles. The van der Waals surface area contributed by atoms with Gasteiger partial charge in [-0.2, -0.15) is 9.57 Å². The van der Waals surface area contributed by atoms with E-state index in [1.165, 1.54) is 48.4 Å². The number of hydrogen-bond donors (Lipinski definition) is 3. The van der Waals surface area contributed by atoms with Crippen molar-refractivity contribution in [2.75, 3.05) is 50.2 Å². The van der Waals surface area contributed by atoms with Crippen molar-refractivity contribution in [3.63, 3.8) is 0 Å². The molecule has 1 saturated heterocycles. The van der Waals surface area contributed by atoms with Gasteiger partial charge in [0.1, 0.15) is 11.9 Å². The van der Waals surface area contributed by atoms with Crippen LogP contribution in [0.3, 0.4) is 0 Å². The van der Waals surface area contributed by atoms with E-state index in [0.717, 1.165) is 0 Å². The van der Waals surface area contributed by atoms with E-state index in [1.807, 2.05) is 4.90 Å². The Morgan fingerprint density at radius 3 is 2.35 bits per heavy atom. The molecule has 12 nitrogen and oxygen atoms in total. The molecular formula is C25H26Cl2N8O4S. The number of nitriles is 1. The van der Waals surface area contributed by atoms with Crippen molar-refractivity contribution in [2.24, 2.45) is 5.73 Å². The fourth-order valence-electron chi connectivity index (χ4n) is 4.25. The molecule has 40 heavy (non-hydrogen) atoms. The van der Waals surface area contributed by atoms with Gasteiger partial charge in [-0.25, -0.2) is 13.4 Å². The molecule has 1 atom stereocenters. The molecule has 15 heteroatoms. The first-order chi connectivity index (χ1) is 18.9. The van der Waals surface area contributed by atoms with E-state index in [-0.39, 0.29) is 57.2 Å². The molecule has 3 aromatic rings. The Kier molecular flexibility index (Phi) is 8.67. The molecule has 1 aromatic carbocycles. The number of aromatic nitrogens is 2. The molecule has 5 N–H and O–H groups in total. The highest BCUT2D eigenvalue weighted by molar-refractivity contribution is 7.88. The second-order valence-corrected chi connectivity index (χ2v) is 11.7. The summed E-state index contributed by atoms with van der Waals surface area (Å²) in [7, 11) is -1.87. The van der Waals surface area contributed by atoms with E-state index in [2.05, 4.69) is 16.0 Å². The summed E-state index contributed by atoms with van der Waals surface area (Å²) in [5.41, 5.74) is 13.9. The average Bonchev–Trinajstić information content (AvgIpc) is 2.92. The lowest BCUT2D eigenvalue weighted by Crippen LogP contribution is -2.48. The van der Waals surface area contributed by atoms with Crippen molar-refractivity contribution >= 4 is 50.4 Å². The van der Waals surface area contributed by atoms with Crippen LogP contribution in [0.5, 0.6) is 11.5 Å². The van der Waals surface area contributed by atoms with Crippen LogP contribution in [-0.2, 0) is 10.0 Å². The Hall–Kier alpha value is -3.67. The van der Waals surface area contributed by atoms with Gasteiger partial charge in [-0.3, -0.25) is 16.1 Å². The smallest absolute Gasteiger partial charge is 0.211 e. The number of sulfonamides is 1. The molecule has 1 fully saturated rings. The number of benzene rings is 1. The van der Waals surface area contributed by atoms with Gasteiger partial charge >= 0.3 is 0 Å². The van der Waals surface area contributed by atoms with Gasteiger partial charge in [0.2, 0.25) is 10.0 Å². The van der Waals surface area contributed by atoms with Gasteiger partial charge in [-0.1, -0.05) is 23.2 Å². The van der Waals surface area contributed by atoms with Gasteiger partial charge in [0.15, 0.2) is 17.7 Å². The zero-order valence-corrected chi connectivity index (χ0v) is 23.9. The Bertz CT molecular complexity index is 1580. The van der Waals surface area contributed by atoms with E-state index in [0.29, 0.717) is 30.0 Å². The van der Waals surface area contributed by atoms with Gasteiger partial charge in [0.05, 0.1) is 34.7 Å². The molecule has 4 rings (SSSR count). The summed E-state index contributed by atoms with van der Waals surface area (Å²) in [6.45, 7) is 1.32. The third kappa shape index (κ3) is 6.06. The number of ether oxygens (including phenoxy) is 2. The molecule has 1 aliphatic heterocycles. The number of methoxy groups -OCH3 is 1. The van der Waals surface area contributed by atoms with E-state index in [4.69, 9.17) is 49.6 Å². The normalized spacial score (nSPS) is 14.8. The number of hydrogen-bond acceptors (Lipinski definition) is 11. The number of piperazine rings is 1. The summed E-state index contributed by atoms with van der Waals surface area (Å²) in [5, 5.41) is 19.1. The van der Waals surface area contributed by atoms with Crippen molar-refractivity contribution in [1.82, 2.24) is 14.3 Å². The zero-order chi connectivity index (χ0) is 29.2. The minimum absolute atomic E-state index is 0.0176. The Morgan fingerprint density at radius 2 is 1.77 bits per heavy atom. The van der Waals surface area contributed by atoms with Gasteiger partial charge in [0, 0.05) is 73.2 Å². The number of halogens is 2. The number of rotatable bonds is 8. The maximum absolute atomic E-state index is 11.8. The molecule has 0 amide bonds. The molecule has 1 aliphatic rings. The Labute approximate surface area is 241 Å². The van der Waals surface area contributed by atoms with Gasteiger partial charge in [-0.05, 0) is 12.1 Å². The van der Waals surface area contributed by atoms with Crippen LogP contribution in [0.25, 0.3) is 0 Å². The van der Waals surface area contributed by atoms with E-state index in [9.17, 15) is 13.7 Å². The lowest BCUT2D eigenvalue weighted by atomic mass is 10.00. The summed E-state index contributed by atoms with van der Waals surface area (Å²) < 4.78 is 36.4. The van der Waals surface area contributed by atoms with Crippen LogP contribution >= 0.6 is 23.2 Å². The Morgan fingerprint density at radius 1 is 1.12 bits per heavy atom. The first kappa shape index (κ1) is 29.3. The number of anilines is 2. The minimum Gasteiger partial charge on any atom is -0.493 e. The molecular weight excluding hydrogens is 579 g/mol.